The zero-order valence-corrected chi connectivity index (χ0v) is 16.2. The topological polar surface area (TPSA) is 55.4 Å². The molecule has 0 amide bonds. The van der Waals surface area contributed by atoms with Gasteiger partial charge in [0.2, 0.25) is 0 Å². The zero-order valence-electron chi connectivity index (χ0n) is 16.2. The minimum absolute atomic E-state index is 0.320. The first-order chi connectivity index (χ1) is 12.7. The van der Waals surface area contributed by atoms with Crippen LogP contribution in [0.15, 0.2) is 81.7 Å². The van der Waals surface area contributed by atoms with Crippen LogP contribution in [0.5, 0.6) is 0 Å². The third kappa shape index (κ3) is 7.21. The van der Waals surface area contributed by atoms with Gasteiger partial charge in [-0.1, -0.05) is 56.6 Å². The molecule has 0 atom stereocenters. The first-order valence-electron chi connectivity index (χ1n) is 8.33. The van der Waals surface area contributed by atoms with Crippen LogP contribution in [-0.2, 0) is 34.8 Å². The summed E-state index contributed by atoms with van der Waals surface area (Å²) < 4.78 is 33.7. The van der Waals surface area contributed by atoms with Gasteiger partial charge in [-0.25, -0.2) is 0 Å². The molecule has 1 aromatic carbocycles. The Bertz CT molecular complexity index is 573. The molecular weight excluding hydrogens is 348 g/mol. The largest absolute Gasteiger partial charge is 0.439 e. The quantitative estimate of drug-likeness (QED) is 0.338. The van der Waals surface area contributed by atoms with Crippen molar-refractivity contribution >= 4 is 0 Å². The van der Waals surface area contributed by atoms with E-state index in [2.05, 4.69) is 26.3 Å². The van der Waals surface area contributed by atoms with Crippen molar-refractivity contribution in [2.45, 2.75) is 44.9 Å². The Hall–Kier alpha value is -2.70. The summed E-state index contributed by atoms with van der Waals surface area (Å²) in [6.45, 7) is 19.0. The fourth-order valence-corrected chi connectivity index (χ4v) is 2.60. The van der Waals surface area contributed by atoms with Gasteiger partial charge in [0.05, 0.1) is 25.0 Å². The van der Waals surface area contributed by atoms with Crippen molar-refractivity contribution in [2.75, 3.05) is 0 Å². The van der Waals surface area contributed by atoms with Crippen molar-refractivity contribution in [3.05, 3.63) is 87.3 Å². The molecule has 0 aliphatic rings. The molecule has 0 fully saturated rings. The van der Waals surface area contributed by atoms with Crippen molar-refractivity contribution < 1.29 is 28.4 Å². The number of hydrogen-bond acceptors (Lipinski definition) is 6. The highest BCUT2D eigenvalue weighted by Crippen LogP contribution is 2.33. The molecule has 27 heavy (non-hydrogen) atoms. The van der Waals surface area contributed by atoms with E-state index < -0.39 is 17.7 Å². The van der Waals surface area contributed by atoms with Crippen LogP contribution in [0.4, 0.5) is 0 Å². The Balaban J connectivity index is 3.24. The van der Waals surface area contributed by atoms with Crippen molar-refractivity contribution in [3.63, 3.8) is 0 Å². The lowest BCUT2D eigenvalue weighted by molar-refractivity contribution is -0.469. The molecule has 0 radical (unpaired) electrons. The Labute approximate surface area is 161 Å². The summed E-state index contributed by atoms with van der Waals surface area (Å²) in [5.74, 6) is -4.41. The lowest BCUT2D eigenvalue weighted by Gasteiger charge is -2.41. The van der Waals surface area contributed by atoms with Crippen LogP contribution in [-0.4, -0.2) is 17.7 Å². The van der Waals surface area contributed by atoms with Gasteiger partial charge in [-0.15, -0.1) is 0 Å². The van der Waals surface area contributed by atoms with Crippen molar-refractivity contribution in [3.8, 4) is 0 Å². The number of benzene rings is 1. The maximum atomic E-state index is 6.06. The standard InChI is InChI=1S/C21H28O6/c1-8-22-20(6,23-9-2)26-19(5,17-18-15-13-12-14-16-18)27-21(7,24-10-3)25-11-4/h8-16H,1-4,17H2,5-7H3. The van der Waals surface area contributed by atoms with E-state index in [1.54, 1.807) is 20.8 Å². The average Bonchev–Trinajstić information content (AvgIpc) is 2.55. The molecule has 6 heteroatoms. The van der Waals surface area contributed by atoms with Gasteiger partial charge in [0.15, 0.2) is 5.79 Å². The van der Waals surface area contributed by atoms with Crippen molar-refractivity contribution in [1.82, 2.24) is 0 Å². The van der Waals surface area contributed by atoms with Crippen molar-refractivity contribution in [2.24, 2.45) is 0 Å². The predicted molar refractivity (Wildman–Crippen MR) is 103 cm³/mol. The van der Waals surface area contributed by atoms with E-state index in [4.69, 9.17) is 28.4 Å². The summed E-state index contributed by atoms with van der Waals surface area (Å²) >= 11 is 0. The Morgan fingerprint density at radius 2 is 1.07 bits per heavy atom. The second-order valence-electron chi connectivity index (χ2n) is 5.86. The monoisotopic (exact) mass is 376 g/mol. The molecule has 0 unspecified atom stereocenters. The van der Waals surface area contributed by atoms with Crippen LogP contribution >= 0.6 is 0 Å². The highest BCUT2D eigenvalue weighted by Gasteiger charge is 2.46. The summed E-state index contributed by atoms with van der Waals surface area (Å²) in [5, 5.41) is 0. The van der Waals surface area contributed by atoms with E-state index in [9.17, 15) is 0 Å². The van der Waals surface area contributed by atoms with E-state index in [0.717, 1.165) is 5.56 Å². The van der Waals surface area contributed by atoms with Gasteiger partial charge in [-0.05, 0) is 12.5 Å². The second-order valence-corrected chi connectivity index (χ2v) is 5.86. The Morgan fingerprint density at radius 3 is 1.41 bits per heavy atom. The number of ether oxygens (including phenoxy) is 6. The molecule has 6 nitrogen and oxygen atoms in total. The van der Waals surface area contributed by atoms with Crippen LogP contribution < -0.4 is 0 Å². The minimum atomic E-state index is -1.55. The fraction of sp³-hybridized carbons (Fsp3) is 0.333. The number of rotatable bonds is 14. The first-order valence-corrected chi connectivity index (χ1v) is 8.33. The summed E-state index contributed by atoms with van der Waals surface area (Å²) in [6, 6.07) is 9.61. The Morgan fingerprint density at radius 1 is 0.704 bits per heavy atom. The predicted octanol–water partition coefficient (Wildman–Crippen LogP) is 4.97. The SMILES string of the molecule is C=COC(C)(OC=C)OC(C)(Cc1ccccc1)OC(C)(OC=C)OC=C. The van der Waals surface area contributed by atoms with Gasteiger partial charge < -0.3 is 18.9 Å². The summed E-state index contributed by atoms with van der Waals surface area (Å²) in [4.78, 5) is 0. The van der Waals surface area contributed by atoms with E-state index in [1.807, 2.05) is 30.3 Å². The zero-order chi connectivity index (χ0) is 20.4. The molecule has 0 N–H and O–H groups in total. The van der Waals surface area contributed by atoms with Gasteiger partial charge >= 0.3 is 11.9 Å². The minimum Gasteiger partial charge on any atom is -0.439 e. The van der Waals surface area contributed by atoms with Crippen LogP contribution in [0, 0.1) is 0 Å². The molecule has 1 aromatic rings. The Kier molecular flexibility index (Phi) is 8.15. The summed E-state index contributed by atoms with van der Waals surface area (Å²) in [6.07, 6.45) is 5.12. The third-order valence-electron chi connectivity index (χ3n) is 3.36. The molecule has 1 rings (SSSR count). The lowest BCUT2D eigenvalue weighted by Crippen LogP contribution is -2.51. The average molecular weight is 376 g/mol. The number of hydrogen-bond donors (Lipinski definition) is 0. The molecule has 0 spiro atoms. The smallest absolute Gasteiger partial charge is 0.369 e. The van der Waals surface area contributed by atoms with Gasteiger partial charge in [-0.3, -0.25) is 9.47 Å². The lowest BCUT2D eigenvalue weighted by atomic mass is 10.1. The molecule has 0 aliphatic heterocycles. The van der Waals surface area contributed by atoms with Crippen LogP contribution in [0.2, 0.25) is 0 Å². The van der Waals surface area contributed by atoms with Crippen molar-refractivity contribution in [1.29, 1.82) is 0 Å². The highest BCUT2D eigenvalue weighted by atomic mass is 16.9. The van der Waals surface area contributed by atoms with E-state index in [1.165, 1.54) is 25.0 Å². The third-order valence-corrected chi connectivity index (χ3v) is 3.36. The molecule has 0 aliphatic carbocycles. The molecule has 0 aromatic heterocycles. The normalized spacial score (nSPS) is 11.8. The maximum absolute atomic E-state index is 6.06. The fourth-order valence-electron chi connectivity index (χ4n) is 2.60. The van der Waals surface area contributed by atoms with Gasteiger partial charge in [-0.2, -0.15) is 0 Å². The molecule has 0 bridgehead atoms. The van der Waals surface area contributed by atoms with E-state index in [0.29, 0.717) is 6.42 Å². The molecule has 148 valence electrons. The van der Waals surface area contributed by atoms with Crippen LogP contribution in [0.3, 0.4) is 0 Å². The molecular formula is C21H28O6. The van der Waals surface area contributed by atoms with Gasteiger partial charge in [0.25, 0.3) is 0 Å². The maximum Gasteiger partial charge on any atom is 0.369 e. The molecule has 0 saturated heterocycles. The van der Waals surface area contributed by atoms with Crippen LogP contribution in [0.25, 0.3) is 0 Å². The highest BCUT2D eigenvalue weighted by molar-refractivity contribution is 5.16. The van der Waals surface area contributed by atoms with E-state index >= 15 is 0 Å². The first kappa shape index (κ1) is 22.3. The molecule has 0 heterocycles. The van der Waals surface area contributed by atoms with Gasteiger partial charge in [0, 0.05) is 20.3 Å². The van der Waals surface area contributed by atoms with Gasteiger partial charge in [0.1, 0.15) is 0 Å². The van der Waals surface area contributed by atoms with E-state index in [-0.39, 0.29) is 0 Å². The summed E-state index contributed by atoms with van der Waals surface area (Å²) in [5.41, 5.74) is 0.944. The molecule has 0 saturated carbocycles. The second kappa shape index (κ2) is 9.85. The van der Waals surface area contributed by atoms with Crippen LogP contribution in [0.1, 0.15) is 26.3 Å². The summed E-state index contributed by atoms with van der Waals surface area (Å²) in [7, 11) is 0.